The Morgan fingerprint density at radius 1 is 1.47 bits per heavy atom. The van der Waals surface area contributed by atoms with Gasteiger partial charge in [0, 0.05) is 6.26 Å². The number of halogens is 1. The molecule has 0 fully saturated rings. The second kappa shape index (κ2) is 5.37. The topological polar surface area (TPSA) is 86.5 Å². The molecule has 2 N–H and O–H groups in total. The Morgan fingerprint density at radius 3 is 2.71 bits per heavy atom. The monoisotopic (exact) mass is 277 g/mol. The Hall–Kier alpha value is -1.27. The molecule has 0 aliphatic rings. The van der Waals surface area contributed by atoms with Crippen LogP contribution in [0.25, 0.3) is 0 Å². The summed E-state index contributed by atoms with van der Waals surface area (Å²) in [7, 11) is -3.16. The molecule has 0 saturated carbocycles. The number of nitrogens with two attached hydrogens (primary N) is 1. The van der Waals surface area contributed by atoms with Crippen molar-refractivity contribution in [2.24, 2.45) is 0 Å². The van der Waals surface area contributed by atoms with Gasteiger partial charge in [0.15, 0.2) is 9.84 Å². The molecule has 0 heterocycles. The zero-order valence-electron chi connectivity index (χ0n) is 9.14. The van der Waals surface area contributed by atoms with Gasteiger partial charge in [-0.15, -0.1) is 0 Å². The second-order valence-corrected chi connectivity index (χ2v) is 6.11. The molecule has 0 amide bonds. The maximum Gasteiger partial charge on any atom is 0.339 e. The third kappa shape index (κ3) is 4.24. The molecule has 94 valence electrons. The van der Waals surface area contributed by atoms with Crippen LogP contribution in [-0.2, 0) is 14.6 Å². The van der Waals surface area contributed by atoms with Gasteiger partial charge < -0.3 is 10.5 Å². The number of rotatable bonds is 4. The molecule has 1 rings (SSSR count). The van der Waals surface area contributed by atoms with E-state index in [1.54, 1.807) is 12.1 Å². The molecule has 1 aromatic rings. The average Bonchev–Trinajstić information content (AvgIpc) is 2.20. The Balaban J connectivity index is 2.68. The van der Waals surface area contributed by atoms with Gasteiger partial charge in [0.1, 0.15) is 6.61 Å². The fourth-order valence-electron chi connectivity index (χ4n) is 1.07. The van der Waals surface area contributed by atoms with Crippen molar-refractivity contribution >= 4 is 33.1 Å². The molecule has 0 atom stereocenters. The number of ether oxygens (including phenoxy) is 1. The third-order valence-corrected chi connectivity index (χ3v) is 3.27. The number of anilines is 1. The minimum atomic E-state index is -3.16. The van der Waals surface area contributed by atoms with Crippen molar-refractivity contribution in [1.82, 2.24) is 0 Å². The smallest absolute Gasteiger partial charge is 0.339 e. The van der Waals surface area contributed by atoms with E-state index in [1.807, 2.05) is 0 Å². The fraction of sp³-hybridized carbons (Fsp3) is 0.300. The summed E-state index contributed by atoms with van der Waals surface area (Å²) in [5.74, 6) is -0.912. The van der Waals surface area contributed by atoms with Crippen molar-refractivity contribution in [3.8, 4) is 0 Å². The van der Waals surface area contributed by atoms with Crippen LogP contribution in [0.2, 0.25) is 5.02 Å². The van der Waals surface area contributed by atoms with Crippen molar-refractivity contribution < 1.29 is 17.9 Å². The van der Waals surface area contributed by atoms with Gasteiger partial charge in [-0.25, -0.2) is 13.2 Å². The third-order valence-electron chi connectivity index (χ3n) is 1.94. The van der Waals surface area contributed by atoms with Gasteiger partial charge in [0.25, 0.3) is 0 Å². The summed E-state index contributed by atoms with van der Waals surface area (Å²) in [4.78, 5) is 11.5. The standard InChI is InChI=1S/C10H12ClNO4S/c1-17(14,15)6-5-16-10(13)7-3-2-4-8(12)9(7)11/h2-4H,5-6,12H2,1H3. The lowest BCUT2D eigenvalue weighted by molar-refractivity contribution is 0.0529. The minimum Gasteiger partial charge on any atom is -0.461 e. The van der Waals surface area contributed by atoms with E-state index in [1.165, 1.54) is 6.07 Å². The Morgan fingerprint density at radius 2 is 2.12 bits per heavy atom. The van der Waals surface area contributed by atoms with E-state index < -0.39 is 15.8 Å². The predicted octanol–water partition coefficient (Wildman–Crippen LogP) is 1.12. The van der Waals surface area contributed by atoms with Crippen LogP contribution in [0, 0.1) is 0 Å². The highest BCUT2D eigenvalue weighted by atomic mass is 35.5. The molecular formula is C10H12ClNO4S. The van der Waals surface area contributed by atoms with Crippen LogP contribution in [0.5, 0.6) is 0 Å². The molecule has 0 aromatic heterocycles. The molecule has 0 spiro atoms. The highest BCUT2D eigenvalue weighted by Crippen LogP contribution is 2.23. The van der Waals surface area contributed by atoms with E-state index in [0.717, 1.165) is 6.26 Å². The molecule has 0 aliphatic heterocycles. The highest BCUT2D eigenvalue weighted by molar-refractivity contribution is 7.90. The zero-order valence-corrected chi connectivity index (χ0v) is 10.7. The molecule has 7 heteroatoms. The first-order chi connectivity index (χ1) is 7.81. The largest absolute Gasteiger partial charge is 0.461 e. The van der Waals surface area contributed by atoms with Gasteiger partial charge >= 0.3 is 5.97 Å². The average molecular weight is 278 g/mol. The van der Waals surface area contributed by atoms with Crippen LogP contribution >= 0.6 is 11.6 Å². The number of esters is 1. The summed E-state index contributed by atoms with van der Waals surface area (Å²) in [6.45, 7) is -0.206. The van der Waals surface area contributed by atoms with Crippen molar-refractivity contribution in [2.45, 2.75) is 0 Å². The lowest BCUT2D eigenvalue weighted by atomic mass is 10.2. The molecule has 17 heavy (non-hydrogen) atoms. The Kier molecular flexibility index (Phi) is 4.36. The molecule has 0 radical (unpaired) electrons. The fourth-order valence-corrected chi connectivity index (χ4v) is 1.66. The molecule has 0 aliphatic carbocycles. The maximum atomic E-state index is 11.5. The maximum absolute atomic E-state index is 11.5. The molecule has 1 aromatic carbocycles. The number of carbonyl (C=O) groups excluding carboxylic acids is 1. The first-order valence-electron chi connectivity index (χ1n) is 4.70. The van der Waals surface area contributed by atoms with Gasteiger partial charge in [0.05, 0.1) is 22.0 Å². The predicted molar refractivity (Wildman–Crippen MR) is 65.9 cm³/mol. The molecule has 0 saturated heterocycles. The van der Waals surface area contributed by atoms with Gasteiger partial charge in [-0.05, 0) is 12.1 Å². The van der Waals surface area contributed by atoms with Crippen molar-refractivity contribution in [3.63, 3.8) is 0 Å². The highest BCUT2D eigenvalue weighted by Gasteiger charge is 2.14. The summed E-state index contributed by atoms with van der Waals surface area (Å²) >= 11 is 5.81. The lowest BCUT2D eigenvalue weighted by Gasteiger charge is -2.06. The van der Waals surface area contributed by atoms with Crippen molar-refractivity contribution in [1.29, 1.82) is 0 Å². The van der Waals surface area contributed by atoms with Gasteiger partial charge in [-0.2, -0.15) is 0 Å². The molecular weight excluding hydrogens is 266 g/mol. The number of nitrogen functional groups attached to an aromatic ring is 1. The van der Waals surface area contributed by atoms with Crippen LogP contribution in [0.3, 0.4) is 0 Å². The first-order valence-corrected chi connectivity index (χ1v) is 7.14. The van der Waals surface area contributed by atoms with E-state index in [2.05, 4.69) is 0 Å². The summed E-state index contributed by atoms with van der Waals surface area (Å²) in [5, 5.41) is 0.108. The van der Waals surface area contributed by atoms with Crippen LogP contribution < -0.4 is 5.73 Å². The van der Waals surface area contributed by atoms with E-state index in [4.69, 9.17) is 22.1 Å². The molecule has 5 nitrogen and oxygen atoms in total. The number of hydrogen-bond acceptors (Lipinski definition) is 5. The van der Waals surface area contributed by atoms with Gasteiger partial charge in [0.2, 0.25) is 0 Å². The summed E-state index contributed by atoms with van der Waals surface area (Å²) in [6, 6.07) is 4.57. The molecule has 0 bridgehead atoms. The van der Waals surface area contributed by atoms with Crippen LogP contribution in [-0.4, -0.2) is 33.0 Å². The molecule has 0 unspecified atom stereocenters. The lowest BCUT2D eigenvalue weighted by Crippen LogP contribution is -2.14. The van der Waals surface area contributed by atoms with Crippen molar-refractivity contribution in [2.75, 3.05) is 24.3 Å². The summed E-state index contributed by atoms with van der Waals surface area (Å²) < 4.78 is 26.4. The Bertz CT molecular complexity index is 527. The van der Waals surface area contributed by atoms with Crippen molar-refractivity contribution in [3.05, 3.63) is 28.8 Å². The quantitative estimate of drug-likeness (QED) is 0.658. The number of sulfone groups is 1. The van der Waals surface area contributed by atoms with Crippen LogP contribution in [0.1, 0.15) is 10.4 Å². The first kappa shape index (κ1) is 13.8. The summed E-state index contributed by atoms with van der Waals surface area (Å²) in [6.07, 6.45) is 1.06. The minimum absolute atomic E-state index is 0.108. The van der Waals surface area contributed by atoms with Gasteiger partial charge in [-0.1, -0.05) is 17.7 Å². The van der Waals surface area contributed by atoms with E-state index in [9.17, 15) is 13.2 Å². The number of hydrogen-bond donors (Lipinski definition) is 1. The van der Waals surface area contributed by atoms with E-state index in [0.29, 0.717) is 0 Å². The van der Waals surface area contributed by atoms with Gasteiger partial charge in [-0.3, -0.25) is 0 Å². The SMILES string of the molecule is CS(=O)(=O)CCOC(=O)c1cccc(N)c1Cl. The van der Waals surface area contributed by atoms with E-state index >= 15 is 0 Å². The second-order valence-electron chi connectivity index (χ2n) is 3.47. The number of carbonyl (C=O) groups is 1. The number of benzene rings is 1. The van der Waals surface area contributed by atoms with Crippen LogP contribution in [0.15, 0.2) is 18.2 Å². The van der Waals surface area contributed by atoms with E-state index in [-0.39, 0.29) is 28.6 Å². The Labute approximate surface area is 104 Å². The zero-order chi connectivity index (χ0) is 13.1. The normalized spacial score (nSPS) is 11.2. The summed E-state index contributed by atoms with van der Waals surface area (Å²) in [5.41, 5.74) is 5.91. The van der Waals surface area contributed by atoms with Crippen LogP contribution in [0.4, 0.5) is 5.69 Å².